The Balaban J connectivity index is 2.03. The summed E-state index contributed by atoms with van der Waals surface area (Å²) >= 11 is 3.37. The number of pyridine rings is 1. The normalized spacial score (nSPS) is 13.0. The summed E-state index contributed by atoms with van der Waals surface area (Å²) in [5.74, 6) is 1.06. The molecule has 0 amide bonds. The fraction of sp³-hybridized carbons (Fsp3) is 0.278. The van der Waals surface area contributed by atoms with Crippen LogP contribution in [-0.2, 0) is 6.18 Å². The van der Waals surface area contributed by atoms with E-state index in [9.17, 15) is 13.2 Å². The van der Waals surface area contributed by atoms with Gasteiger partial charge in [-0.1, -0.05) is 12.1 Å². The van der Waals surface area contributed by atoms with Crippen molar-refractivity contribution < 1.29 is 13.2 Å². The molecule has 0 unspecified atom stereocenters. The van der Waals surface area contributed by atoms with Crippen LogP contribution in [0.25, 0.3) is 11.0 Å². The molecule has 0 radical (unpaired) electrons. The Hall–Kier alpha value is -2.22. The Kier molecular flexibility index (Phi) is 4.88. The van der Waals surface area contributed by atoms with Crippen LogP contribution in [0.3, 0.4) is 0 Å². The maximum atomic E-state index is 13.2. The minimum atomic E-state index is -4.38. The molecule has 136 valence electrons. The number of anilines is 1. The Bertz CT molecular complexity index is 973. The highest BCUT2D eigenvalue weighted by Crippen LogP contribution is 2.35. The minimum absolute atomic E-state index is 0.203. The van der Waals surface area contributed by atoms with Crippen LogP contribution in [0.15, 0.2) is 34.9 Å². The minimum Gasteiger partial charge on any atom is -0.363 e. The summed E-state index contributed by atoms with van der Waals surface area (Å²) in [5, 5.41) is 3.91. The van der Waals surface area contributed by atoms with Gasteiger partial charge in [-0.15, -0.1) is 0 Å². The highest BCUT2D eigenvalue weighted by Gasteiger charge is 2.33. The number of rotatable bonds is 3. The lowest BCUT2D eigenvalue weighted by Gasteiger charge is -2.21. The maximum Gasteiger partial charge on any atom is 0.416 e. The number of hydrogen-bond donors (Lipinski definition) is 1. The first-order chi connectivity index (χ1) is 12.2. The second kappa shape index (κ2) is 6.83. The molecule has 0 spiro atoms. The Morgan fingerprint density at radius 1 is 1.15 bits per heavy atom. The van der Waals surface area contributed by atoms with Gasteiger partial charge in [0.15, 0.2) is 5.65 Å². The molecule has 3 rings (SSSR count). The van der Waals surface area contributed by atoms with Crippen LogP contribution >= 0.6 is 15.9 Å². The fourth-order valence-electron chi connectivity index (χ4n) is 2.92. The Morgan fingerprint density at radius 3 is 2.58 bits per heavy atom. The third-order valence-electron chi connectivity index (χ3n) is 4.13. The molecule has 26 heavy (non-hydrogen) atoms. The number of alkyl halides is 3. The summed E-state index contributed by atoms with van der Waals surface area (Å²) in [6.07, 6.45) is -2.74. The van der Waals surface area contributed by atoms with Crippen molar-refractivity contribution in [1.82, 2.24) is 15.0 Å². The largest absolute Gasteiger partial charge is 0.416 e. The molecular formula is C18H16BrF3N4. The van der Waals surface area contributed by atoms with E-state index in [2.05, 4.69) is 36.2 Å². The lowest BCUT2D eigenvalue weighted by Crippen LogP contribution is -2.14. The van der Waals surface area contributed by atoms with Gasteiger partial charge in [-0.3, -0.25) is 0 Å². The first-order valence-corrected chi connectivity index (χ1v) is 8.69. The number of aryl methyl sites for hydroxylation is 1. The van der Waals surface area contributed by atoms with E-state index < -0.39 is 11.7 Å². The molecule has 2 aromatic heterocycles. The average Bonchev–Trinajstić information content (AvgIpc) is 2.54. The molecule has 4 nitrogen and oxygen atoms in total. The van der Waals surface area contributed by atoms with Gasteiger partial charge in [-0.25, -0.2) is 15.0 Å². The van der Waals surface area contributed by atoms with E-state index in [1.54, 1.807) is 26.1 Å². The Morgan fingerprint density at radius 2 is 1.88 bits per heavy atom. The van der Waals surface area contributed by atoms with Gasteiger partial charge < -0.3 is 5.32 Å². The van der Waals surface area contributed by atoms with Crippen molar-refractivity contribution in [2.45, 2.75) is 33.0 Å². The topological polar surface area (TPSA) is 50.7 Å². The lowest BCUT2D eigenvalue weighted by atomic mass is 9.97. The van der Waals surface area contributed by atoms with Crippen LogP contribution in [0, 0.1) is 13.8 Å². The second-order valence-corrected chi connectivity index (χ2v) is 6.94. The predicted octanol–water partition coefficient (Wildman–Crippen LogP) is 5.60. The quantitative estimate of drug-likeness (QED) is 0.594. The molecule has 0 aliphatic rings. The monoisotopic (exact) mass is 424 g/mol. The zero-order valence-corrected chi connectivity index (χ0v) is 15.9. The first kappa shape index (κ1) is 18.6. The van der Waals surface area contributed by atoms with Gasteiger partial charge >= 0.3 is 6.18 Å². The van der Waals surface area contributed by atoms with E-state index in [1.165, 1.54) is 13.0 Å². The summed E-state index contributed by atoms with van der Waals surface area (Å²) in [4.78, 5) is 13.0. The molecule has 0 fully saturated rings. The van der Waals surface area contributed by atoms with Crippen LogP contribution in [0.4, 0.5) is 19.0 Å². The van der Waals surface area contributed by atoms with Gasteiger partial charge in [0.1, 0.15) is 11.6 Å². The number of halogens is 4. The molecular weight excluding hydrogens is 409 g/mol. The van der Waals surface area contributed by atoms with Crippen molar-refractivity contribution >= 4 is 32.8 Å². The smallest absolute Gasteiger partial charge is 0.363 e. The van der Waals surface area contributed by atoms with Crippen molar-refractivity contribution in [3.63, 3.8) is 0 Å². The van der Waals surface area contributed by atoms with Crippen molar-refractivity contribution in [2.75, 3.05) is 5.32 Å². The highest BCUT2D eigenvalue weighted by atomic mass is 79.9. The van der Waals surface area contributed by atoms with Crippen molar-refractivity contribution in [3.05, 3.63) is 57.4 Å². The summed E-state index contributed by atoms with van der Waals surface area (Å²) in [7, 11) is 0. The fourth-order valence-corrected chi connectivity index (χ4v) is 3.25. The average molecular weight is 425 g/mol. The van der Waals surface area contributed by atoms with E-state index in [-0.39, 0.29) is 11.6 Å². The second-order valence-electron chi connectivity index (χ2n) is 6.03. The molecule has 1 N–H and O–H groups in total. The van der Waals surface area contributed by atoms with Crippen LogP contribution in [0.2, 0.25) is 0 Å². The predicted molar refractivity (Wildman–Crippen MR) is 98.0 cm³/mol. The van der Waals surface area contributed by atoms with Crippen LogP contribution in [0.1, 0.15) is 35.5 Å². The number of nitrogens with one attached hydrogen (secondary N) is 1. The van der Waals surface area contributed by atoms with Crippen LogP contribution < -0.4 is 5.32 Å². The third-order valence-corrected chi connectivity index (χ3v) is 4.56. The third kappa shape index (κ3) is 3.65. The van der Waals surface area contributed by atoms with Gasteiger partial charge in [-0.2, -0.15) is 13.2 Å². The lowest BCUT2D eigenvalue weighted by molar-refractivity contribution is -0.138. The number of hydrogen-bond acceptors (Lipinski definition) is 4. The number of aromatic nitrogens is 3. The SMILES string of the molecule is Cc1nc(N[C@H](C)c2cccc(C(F)(F)F)c2C)c2cc(Br)cnc2n1. The van der Waals surface area contributed by atoms with E-state index >= 15 is 0 Å². The van der Waals surface area contributed by atoms with E-state index in [1.807, 2.05) is 6.07 Å². The molecule has 1 atom stereocenters. The standard InChI is InChI=1S/C18H16BrF3N4/c1-9-13(5-4-6-15(9)18(20,21)22)10(2)24-17-14-7-12(19)8-23-16(14)25-11(3)26-17/h4-8,10H,1-3H3,(H,23,24,25,26)/t10-/m1/s1. The molecule has 0 saturated carbocycles. The molecule has 0 aliphatic carbocycles. The van der Waals surface area contributed by atoms with Crippen LogP contribution in [-0.4, -0.2) is 15.0 Å². The van der Waals surface area contributed by atoms with Crippen molar-refractivity contribution in [2.24, 2.45) is 0 Å². The van der Waals surface area contributed by atoms with E-state index in [4.69, 9.17) is 0 Å². The first-order valence-electron chi connectivity index (χ1n) is 7.90. The van der Waals surface area contributed by atoms with Crippen LogP contribution in [0.5, 0.6) is 0 Å². The van der Waals surface area contributed by atoms with Gasteiger partial charge in [0.2, 0.25) is 0 Å². The number of fused-ring (bicyclic) bond motifs is 1. The zero-order valence-electron chi connectivity index (χ0n) is 14.3. The number of nitrogens with zero attached hydrogens (tertiary/aromatic N) is 3. The Labute approximate surface area is 157 Å². The molecule has 8 heteroatoms. The summed E-state index contributed by atoms with van der Waals surface area (Å²) < 4.78 is 40.3. The van der Waals surface area contributed by atoms with Gasteiger partial charge in [0.25, 0.3) is 0 Å². The van der Waals surface area contributed by atoms with Crippen molar-refractivity contribution in [1.29, 1.82) is 0 Å². The highest BCUT2D eigenvalue weighted by molar-refractivity contribution is 9.10. The van der Waals surface area contributed by atoms with E-state index in [0.29, 0.717) is 28.2 Å². The van der Waals surface area contributed by atoms with Gasteiger partial charge in [-0.05, 0) is 60.0 Å². The molecule has 0 saturated heterocycles. The molecule has 0 aliphatic heterocycles. The zero-order chi connectivity index (χ0) is 19.1. The van der Waals surface area contributed by atoms with Gasteiger partial charge in [0.05, 0.1) is 17.0 Å². The number of benzene rings is 1. The maximum absolute atomic E-state index is 13.2. The molecule has 3 aromatic rings. The van der Waals surface area contributed by atoms with E-state index in [0.717, 1.165) is 10.5 Å². The summed E-state index contributed by atoms with van der Waals surface area (Å²) in [6, 6.07) is 5.65. The molecule has 1 aromatic carbocycles. The van der Waals surface area contributed by atoms with Gasteiger partial charge in [0, 0.05) is 10.7 Å². The molecule has 0 bridgehead atoms. The summed E-state index contributed by atoms with van der Waals surface area (Å²) in [6.45, 7) is 5.03. The molecule has 2 heterocycles. The van der Waals surface area contributed by atoms with Crippen molar-refractivity contribution in [3.8, 4) is 0 Å². The summed E-state index contributed by atoms with van der Waals surface area (Å²) in [5.41, 5.74) is 0.662.